The summed E-state index contributed by atoms with van der Waals surface area (Å²) >= 11 is 0. The minimum atomic E-state index is -0.0622. The molecule has 0 N–H and O–H groups in total. The van der Waals surface area contributed by atoms with Gasteiger partial charge in [0, 0.05) is 17.2 Å². The monoisotopic (exact) mass is 262 g/mol. The van der Waals surface area contributed by atoms with Crippen molar-refractivity contribution in [3.8, 4) is 17.0 Å². The van der Waals surface area contributed by atoms with E-state index in [1.807, 2.05) is 36.4 Å². The van der Waals surface area contributed by atoms with E-state index in [2.05, 4.69) is 9.97 Å². The van der Waals surface area contributed by atoms with E-state index in [1.165, 1.54) is 0 Å². The van der Waals surface area contributed by atoms with E-state index in [-0.39, 0.29) is 5.78 Å². The Morgan fingerprint density at radius 2 is 1.65 bits per heavy atom. The number of ether oxygens (including phenoxy) is 1. The van der Waals surface area contributed by atoms with E-state index in [0.717, 1.165) is 11.1 Å². The van der Waals surface area contributed by atoms with Gasteiger partial charge in [-0.2, -0.15) is 0 Å². The van der Waals surface area contributed by atoms with Crippen molar-refractivity contribution in [1.29, 1.82) is 0 Å². The number of rotatable bonds is 1. The summed E-state index contributed by atoms with van der Waals surface area (Å²) in [4.78, 5) is 21.4. The molecule has 0 aliphatic heterocycles. The molecule has 0 amide bonds. The third kappa shape index (κ3) is 1.39. The number of hydrogen-bond donors (Lipinski definition) is 0. The van der Waals surface area contributed by atoms with Gasteiger partial charge in [-0.05, 0) is 12.1 Å². The van der Waals surface area contributed by atoms with E-state index in [4.69, 9.17) is 4.74 Å². The van der Waals surface area contributed by atoms with Gasteiger partial charge in [0.05, 0.1) is 18.1 Å². The third-order valence-electron chi connectivity index (χ3n) is 3.51. The van der Waals surface area contributed by atoms with Crippen LogP contribution in [-0.2, 0) is 0 Å². The maximum atomic E-state index is 12.4. The Kier molecular flexibility index (Phi) is 2.15. The second kappa shape index (κ2) is 3.87. The molecule has 4 rings (SSSR count). The maximum Gasteiger partial charge on any atom is 0.214 e. The van der Waals surface area contributed by atoms with Crippen molar-refractivity contribution in [2.24, 2.45) is 0 Å². The quantitative estimate of drug-likeness (QED) is 0.529. The average molecular weight is 262 g/mol. The molecule has 0 saturated carbocycles. The summed E-state index contributed by atoms with van der Waals surface area (Å²) in [7, 11) is 1.60. The third-order valence-corrected chi connectivity index (χ3v) is 3.51. The first-order chi connectivity index (χ1) is 9.78. The average Bonchev–Trinajstić information content (AvgIpc) is 2.78. The zero-order valence-electron chi connectivity index (χ0n) is 10.8. The van der Waals surface area contributed by atoms with Crippen LogP contribution in [0.4, 0.5) is 0 Å². The van der Waals surface area contributed by atoms with Crippen molar-refractivity contribution in [3.05, 3.63) is 53.7 Å². The van der Waals surface area contributed by atoms with Crippen LogP contribution in [0.25, 0.3) is 22.3 Å². The summed E-state index contributed by atoms with van der Waals surface area (Å²) < 4.78 is 5.18. The largest absolute Gasteiger partial charge is 0.497 e. The number of nitrogens with zero attached hydrogens (tertiary/aromatic N) is 2. The zero-order valence-corrected chi connectivity index (χ0v) is 10.8. The molecule has 96 valence electrons. The van der Waals surface area contributed by atoms with Crippen molar-refractivity contribution in [2.75, 3.05) is 7.11 Å². The highest BCUT2D eigenvalue weighted by atomic mass is 16.5. The molecule has 1 aliphatic carbocycles. The standard InChI is InChI=1S/C16H10N2O2/c1-20-9-6-7-12-13(8-9)18-15-14(17-12)10-4-2-3-5-11(10)16(15)19/h2-8H,1H3. The molecule has 0 fully saturated rings. The predicted molar refractivity (Wildman–Crippen MR) is 75.0 cm³/mol. The summed E-state index contributed by atoms with van der Waals surface area (Å²) in [5.41, 5.74) is 4.05. The van der Waals surface area contributed by atoms with Crippen LogP contribution in [0.1, 0.15) is 16.1 Å². The van der Waals surface area contributed by atoms with E-state index in [9.17, 15) is 4.79 Å². The molecule has 1 aromatic heterocycles. The highest BCUT2D eigenvalue weighted by Crippen LogP contribution is 2.35. The lowest BCUT2D eigenvalue weighted by Crippen LogP contribution is -2.00. The summed E-state index contributed by atoms with van der Waals surface area (Å²) in [5.74, 6) is 0.641. The molecule has 4 heteroatoms. The fourth-order valence-electron chi connectivity index (χ4n) is 2.52. The number of fused-ring (bicyclic) bond motifs is 4. The Bertz CT molecular complexity index is 871. The molecule has 0 unspecified atom stereocenters. The Balaban J connectivity index is 2.04. The smallest absolute Gasteiger partial charge is 0.214 e. The van der Waals surface area contributed by atoms with Crippen molar-refractivity contribution >= 4 is 16.8 Å². The summed E-state index contributed by atoms with van der Waals surface area (Å²) in [5, 5.41) is 0. The molecule has 20 heavy (non-hydrogen) atoms. The minimum Gasteiger partial charge on any atom is -0.497 e. The van der Waals surface area contributed by atoms with Crippen LogP contribution in [0, 0.1) is 0 Å². The lowest BCUT2D eigenvalue weighted by atomic mass is 10.1. The van der Waals surface area contributed by atoms with Gasteiger partial charge in [-0.15, -0.1) is 0 Å². The zero-order chi connectivity index (χ0) is 13.7. The Morgan fingerprint density at radius 1 is 0.900 bits per heavy atom. The molecule has 0 bridgehead atoms. The lowest BCUT2D eigenvalue weighted by molar-refractivity contribution is 0.103. The molecule has 1 aliphatic rings. The van der Waals surface area contributed by atoms with Crippen LogP contribution in [0.5, 0.6) is 5.75 Å². The molecule has 1 heterocycles. The Labute approximate surface area is 115 Å². The lowest BCUT2D eigenvalue weighted by Gasteiger charge is -2.04. The van der Waals surface area contributed by atoms with Gasteiger partial charge in [0.25, 0.3) is 0 Å². The van der Waals surface area contributed by atoms with Gasteiger partial charge >= 0.3 is 0 Å². The van der Waals surface area contributed by atoms with Gasteiger partial charge < -0.3 is 4.74 Å². The molecule has 3 aromatic rings. The van der Waals surface area contributed by atoms with Crippen molar-refractivity contribution in [2.45, 2.75) is 0 Å². The molecule has 2 aromatic carbocycles. The summed E-state index contributed by atoms with van der Waals surface area (Å²) in [6.07, 6.45) is 0. The second-order valence-electron chi connectivity index (χ2n) is 4.65. The van der Waals surface area contributed by atoms with Gasteiger partial charge in [-0.1, -0.05) is 24.3 Å². The van der Waals surface area contributed by atoms with Crippen LogP contribution in [0.2, 0.25) is 0 Å². The number of benzene rings is 2. The van der Waals surface area contributed by atoms with E-state index >= 15 is 0 Å². The fraction of sp³-hybridized carbons (Fsp3) is 0.0625. The molecule has 0 atom stereocenters. The van der Waals surface area contributed by atoms with E-state index in [0.29, 0.717) is 28.2 Å². The number of hydrogen-bond acceptors (Lipinski definition) is 4. The van der Waals surface area contributed by atoms with E-state index in [1.54, 1.807) is 13.2 Å². The first-order valence-corrected chi connectivity index (χ1v) is 6.28. The highest BCUT2D eigenvalue weighted by Gasteiger charge is 2.29. The van der Waals surface area contributed by atoms with Crippen LogP contribution in [0.3, 0.4) is 0 Å². The van der Waals surface area contributed by atoms with Crippen molar-refractivity contribution in [1.82, 2.24) is 9.97 Å². The van der Waals surface area contributed by atoms with Crippen LogP contribution in [-0.4, -0.2) is 22.9 Å². The number of carbonyl (C=O) groups excluding carboxylic acids is 1. The summed E-state index contributed by atoms with van der Waals surface area (Å²) in [6.45, 7) is 0. The molecular weight excluding hydrogens is 252 g/mol. The highest BCUT2D eigenvalue weighted by molar-refractivity contribution is 6.20. The number of ketones is 1. The molecule has 0 saturated heterocycles. The van der Waals surface area contributed by atoms with Gasteiger partial charge in [0.1, 0.15) is 17.1 Å². The van der Waals surface area contributed by atoms with Crippen molar-refractivity contribution in [3.63, 3.8) is 0 Å². The maximum absolute atomic E-state index is 12.4. The van der Waals surface area contributed by atoms with Gasteiger partial charge in [-0.3, -0.25) is 4.79 Å². The van der Waals surface area contributed by atoms with Gasteiger partial charge in [0.2, 0.25) is 5.78 Å². The second-order valence-corrected chi connectivity index (χ2v) is 4.65. The SMILES string of the molecule is COc1ccc2nc3c(nc2c1)C(=O)c1ccccc1-3. The van der Waals surface area contributed by atoms with Crippen molar-refractivity contribution < 1.29 is 9.53 Å². The van der Waals surface area contributed by atoms with Crippen LogP contribution < -0.4 is 4.74 Å². The number of methoxy groups -OCH3 is 1. The predicted octanol–water partition coefficient (Wildman–Crippen LogP) is 2.85. The van der Waals surface area contributed by atoms with Gasteiger partial charge in [-0.25, -0.2) is 9.97 Å². The molecule has 4 nitrogen and oxygen atoms in total. The van der Waals surface area contributed by atoms with E-state index < -0.39 is 0 Å². The topological polar surface area (TPSA) is 52.1 Å². The number of aromatic nitrogens is 2. The molecular formula is C16H10N2O2. The first kappa shape index (κ1) is 11.1. The normalized spacial score (nSPS) is 12.3. The van der Waals surface area contributed by atoms with Crippen LogP contribution in [0.15, 0.2) is 42.5 Å². The minimum absolute atomic E-state index is 0.0622. The molecule has 0 spiro atoms. The Hall–Kier alpha value is -2.75. The van der Waals surface area contributed by atoms with Crippen LogP contribution >= 0.6 is 0 Å². The molecule has 0 radical (unpaired) electrons. The fourth-order valence-corrected chi connectivity index (χ4v) is 2.52. The van der Waals surface area contributed by atoms with Gasteiger partial charge in [0.15, 0.2) is 0 Å². The Morgan fingerprint density at radius 3 is 2.45 bits per heavy atom. The number of carbonyl (C=O) groups is 1. The summed E-state index contributed by atoms with van der Waals surface area (Å²) in [6, 6.07) is 13.0. The first-order valence-electron chi connectivity index (χ1n) is 6.28.